The molecule has 0 aromatic carbocycles. The largest absolute Gasteiger partial charge is 0.443 e. The fraction of sp³-hybridized carbons (Fsp3) is 0.842. The third-order valence-electron chi connectivity index (χ3n) is 6.61. The van der Waals surface area contributed by atoms with E-state index in [0.717, 1.165) is 32.1 Å². The average Bonchev–Trinajstić information content (AvgIpc) is 3.25. The van der Waals surface area contributed by atoms with Crippen molar-refractivity contribution < 1.29 is 28.7 Å². The highest BCUT2D eigenvalue weighted by Crippen LogP contribution is 2.56. The molecule has 2 amide bonds. The zero-order valence-electron chi connectivity index (χ0n) is 16.0. The number of piperidine rings is 1. The minimum atomic E-state index is -0.691. The number of esters is 1. The summed E-state index contributed by atoms with van der Waals surface area (Å²) in [6.45, 7) is 5.32. The molecule has 0 N–H and O–H groups in total. The van der Waals surface area contributed by atoms with Crippen LogP contribution >= 0.6 is 0 Å². The number of carbonyl (C=O) groups excluding carboxylic acids is 3. The molecule has 2 bridgehead atoms. The van der Waals surface area contributed by atoms with Gasteiger partial charge in [0.15, 0.2) is 5.72 Å². The Kier molecular flexibility index (Phi) is 3.51. The summed E-state index contributed by atoms with van der Waals surface area (Å²) in [6.07, 6.45) is 4.17. The number of hydrogen-bond acceptors (Lipinski definition) is 7. The molecule has 5 fully saturated rings. The molecule has 27 heavy (non-hydrogen) atoms. The molecule has 8 heteroatoms. The van der Waals surface area contributed by atoms with E-state index in [1.54, 1.807) is 25.8 Å². The van der Waals surface area contributed by atoms with E-state index in [4.69, 9.17) is 14.3 Å². The molecule has 5 aliphatic rings. The van der Waals surface area contributed by atoms with Crippen molar-refractivity contribution in [1.82, 2.24) is 9.96 Å². The highest BCUT2D eigenvalue weighted by atomic mass is 16.8. The van der Waals surface area contributed by atoms with Crippen molar-refractivity contribution in [2.45, 2.75) is 88.8 Å². The van der Waals surface area contributed by atoms with Gasteiger partial charge < -0.3 is 9.47 Å². The summed E-state index contributed by atoms with van der Waals surface area (Å²) < 4.78 is 11.3. The van der Waals surface area contributed by atoms with Gasteiger partial charge in [0.25, 0.3) is 0 Å². The van der Waals surface area contributed by atoms with E-state index in [9.17, 15) is 14.4 Å². The summed E-state index contributed by atoms with van der Waals surface area (Å²) in [5.74, 6) is -1.17. The quantitative estimate of drug-likeness (QED) is 0.596. The summed E-state index contributed by atoms with van der Waals surface area (Å²) in [5, 5.41) is 1.74. The highest BCUT2D eigenvalue weighted by Gasteiger charge is 2.73. The van der Waals surface area contributed by atoms with Crippen molar-refractivity contribution in [2.75, 3.05) is 0 Å². The normalized spacial score (nSPS) is 39.7. The van der Waals surface area contributed by atoms with Gasteiger partial charge in [0.1, 0.15) is 11.6 Å². The maximum Gasteiger partial charge on any atom is 0.417 e. The van der Waals surface area contributed by atoms with Gasteiger partial charge >= 0.3 is 12.1 Å². The van der Waals surface area contributed by atoms with Gasteiger partial charge in [-0.25, -0.2) is 9.69 Å². The van der Waals surface area contributed by atoms with Crippen LogP contribution in [0.4, 0.5) is 4.79 Å². The Balaban J connectivity index is 1.43. The number of hydroxylamine groups is 2. The van der Waals surface area contributed by atoms with Crippen LogP contribution in [0.3, 0.4) is 0 Å². The molecule has 3 aliphatic heterocycles. The number of rotatable bonds is 0. The Bertz CT molecular complexity index is 709. The topological polar surface area (TPSA) is 85.4 Å². The van der Waals surface area contributed by atoms with Gasteiger partial charge in [-0.1, -0.05) is 6.42 Å². The van der Waals surface area contributed by atoms with Crippen molar-refractivity contribution >= 4 is 18.0 Å². The Morgan fingerprint density at radius 2 is 1.89 bits per heavy atom. The molecule has 148 valence electrons. The van der Waals surface area contributed by atoms with E-state index in [1.807, 2.05) is 0 Å². The molecule has 1 spiro atoms. The van der Waals surface area contributed by atoms with Crippen molar-refractivity contribution in [1.29, 1.82) is 0 Å². The van der Waals surface area contributed by atoms with Crippen LogP contribution in [-0.2, 0) is 23.9 Å². The lowest BCUT2D eigenvalue weighted by atomic mass is 9.87. The Labute approximate surface area is 158 Å². The van der Waals surface area contributed by atoms with Crippen LogP contribution in [0.15, 0.2) is 0 Å². The number of nitrogens with zero attached hydrogens (tertiary/aromatic N) is 2. The number of carbonyl (C=O) groups is 3. The maximum absolute atomic E-state index is 12.8. The molecular weight excluding hydrogens is 352 g/mol. The summed E-state index contributed by atoms with van der Waals surface area (Å²) in [5.41, 5.74) is -1.38. The van der Waals surface area contributed by atoms with Gasteiger partial charge in [0.05, 0.1) is 18.1 Å². The first-order chi connectivity index (χ1) is 12.7. The third kappa shape index (κ3) is 2.32. The predicted molar refractivity (Wildman–Crippen MR) is 90.9 cm³/mol. The lowest BCUT2D eigenvalue weighted by molar-refractivity contribution is -0.274. The molecule has 3 saturated heterocycles. The van der Waals surface area contributed by atoms with Crippen LogP contribution in [0.2, 0.25) is 0 Å². The number of imide groups is 1. The molecule has 5 atom stereocenters. The number of likely N-dealkylation sites (tertiary alicyclic amines) is 1. The SMILES string of the molecule is CC(C)(C)OC(=O)N1C(=O)[C@H]2C[C@@H]1[C@H]1[C@@H]2ON2[C@@H]1C(=O)OC21CCCCC1. The predicted octanol–water partition coefficient (Wildman–Crippen LogP) is 1.97. The first-order valence-corrected chi connectivity index (χ1v) is 9.97. The van der Waals surface area contributed by atoms with Gasteiger partial charge in [-0.05, 0) is 40.0 Å². The van der Waals surface area contributed by atoms with Crippen LogP contribution in [0.1, 0.15) is 59.3 Å². The van der Waals surface area contributed by atoms with Crippen LogP contribution in [-0.4, -0.2) is 57.4 Å². The molecule has 0 radical (unpaired) electrons. The zero-order valence-corrected chi connectivity index (χ0v) is 16.0. The zero-order chi connectivity index (χ0) is 19.1. The minimum absolute atomic E-state index is 0.242. The first kappa shape index (κ1) is 17.4. The molecule has 0 unspecified atom stereocenters. The fourth-order valence-corrected chi connectivity index (χ4v) is 5.64. The van der Waals surface area contributed by atoms with Crippen molar-refractivity contribution in [3.05, 3.63) is 0 Å². The monoisotopic (exact) mass is 378 g/mol. The second kappa shape index (κ2) is 5.44. The maximum atomic E-state index is 12.8. The molecule has 0 aromatic heterocycles. The van der Waals surface area contributed by atoms with Crippen LogP contribution in [0.5, 0.6) is 0 Å². The number of amides is 2. The Morgan fingerprint density at radius 3 is 2.56 bits per heavy atom. The number of fused-ring (bicyclic) bond motifs is 8. The van der Waals surface area contributed by atoms with Crippen molar-refractivity contribution in [2.24, 2.45) is 11.8 Å². The smallest absolute Gasteiger partial charge is 0.417 e. The highest BCUT2D eigenvalue weighted by molar-refractivity contribution is 5.97. The van der Waals surface area contributed by atoms with Gasteiger partial charge in [-0.15, -0.1) is 5.06 Å². The summed E-state index contributed by atoms with van der Waals surface area (Å²) in [4.78, 5) is 45.6. The van der Waals surface area contributed by atoms with Crippen molar-refractivity contribution in [3.8, 4) is 0 Å². The average molecular weight is 378 g/mol. The van der Waals surface area contributed by atoms with Gasteiger partial charge in [0.2, 0.25) is 5.91 Å². The standard InChI is InChI=1S/C19H26N2O6/c1-18(2,3)26-17(24)20-11-9-10(15(20)22)14-12(11)13-16(23)25-19(21(13)27-14)7-5-4-6-8-19/h10-14H,4-9H2,1-3H3/t10-,11+,12+,13-,14+/m0/s1. The van der Waals surface area contributed by atoms with Crippen LogP contribution in [0.25, 0.3) is 0 Å². The van der Waals surface area contributed by atoms with E-state index in [1.165, 1.54) is 4.90 Å². The second-order valence-electron chi connectivity index (χ2n) is 9.44. The summed E-state index contributed by atoms with van der Waals surface area (Å²) >= 11 is 0. The van der Waals surface area contributed by atoms with E-state index < -0.39 is 29.4 Å². The van der Waals surface area contributed by atoms with Crippen LogP contribution < -0.4 is 0 Å². The van der Waals surface area contributed by atoms with E-state index in [-0.39, 0.29) is 29.9 Å². The third-order valence-corrected chi connectivity index (χ3v) is 6.61. The molecule has 5 rings (SSSR count). The number of ether oxygens (including phenoxy) is 2. The van der Waals surface area contributed by atoms with Gasteiger partial charge in [0, 0.05) is 18.8 Å². The molecule has 8 nitrogen and oxygen atoms in total. The van der Waals surface area contributed by atoms with Crippen LogP contribution in [0, 0.1) is 11.8 Å². The molecule has 2 aliphatic carbocycles. The van der Waals surface area contributed by atoms with E-state index >= 15 is 0 Å². The minimum Gasteiger partial charge on any atom is -0.443 e. The van der Waals surface area contributed by atoms with Gasteiger partial charge in [-0.3, -0.25) is 14.4 Å². The lowest BCUT2D eigenvalue weighted by Gasteiger charge is -2.37. The lowest BCUT2D eigenvalue weighted by Crippen LogP contribution is -2.54. The first-order valence-electron chi connectivity index (χ1n) is 9.97. The molecule has 3 heterocycles. The van der Waals surface area contributed by atoms with Gasteiger partial charge in [-0.2, -0.15) is 0 Å². The molecular formula is C19H26N2O6. The molecule has 2 saturated carbocycles. The fourth-order valence-electron chi connectivity index (χ4n) is 5.64. The second-order valence-corrected chi connectivity index (χ2v) is 9.44. The number of hydrogen-bond donors (Lipinski definition) is 0. The van der Waals surface area contributed by atoms with Crippen molar-refractivity contribution in [3.63, 3.8) is 0 Å². The Morgan fingerprint density at radius 1 is 1.19 bits per heavy atom. The summed E-state index contributed by atoms with van der Waals surface area (Å²) in [6, 6.07) is -0.912. The summed E-state index contributed by atoms with van der Waals surface area (Å²) in [7, 11) is 0. The van der Waals surface area contributed by atoms with E-state index in [0.29, 0.717) is 6.42 Å². The molecule has 0 aromatic rings. The Hall–Kier alpha value is -1.67. The van der Waals surface area contributed by atoms with E-state index in [2.05, 4.69) is 0 Å².